The molecule has 0 saturated carbocycles. The number of rotatable bonds is 1. The van der Waals surface area contributed by atoms with Crippen LogP contribution in [0.5, 0.6) is 0 Å². The number of hydrogen-bond donors (Lipinski definition) is 0. The standard InChI is InChI=1S/C15H8F9N/c1-7-10(12-6-8(2-3-25-12)13(16,17)18)4-9(14(19,20)21)5-11(7)15(22,23)24/h2-6H,1H3. The number of nitrogens with zero attached hydrogens (tertiary/aromatic N) is 1. The topological polar surface area (TPSA) is 12.9 Å². The van der Waals surface area contributed by atoms with Crippen molar-refractivity contribution in [1.29, 1.82) is 0 Å². The summed E-state index contributed by atoms with van der Waals surface area (Å²) in [5.41, 5.74) is -6.40. The van der Waals surface area contributed by atoms with Gasteiger partial charge in [-0.05, 0) is 36.8 Å². The molecule has 0 amide bonds. The van der Waals surface area contributed by atoms with Crippen molar-refractivity contribution in [2.75, 3.05) is 0 Å². The molecule has 25 heavy (non-hydrogen) atoms. The van der Waals surface area contributed by atoms with Gasteiger partial charge in [0.2, 0.25) is 0 Å². The molecular weight excluding hydrogens is 365 g/mol. The number of aromatic nitrogens is 1. The maximum atomic E-state index is 13.0. The third-order valence-corrected chi connectivity index (χ3v) is 3.40. The minimum Gasteiger partial charge on any atom is -0.256 e. The third kappa shape index (κ3) is 4.05. The van der Waals surface area contributed by atoms with E-state index in [0.29, 0.717) is 24.4 Å². The van der Waals surface area contributed by atoms with Gasteiger partial charge in [0.1, 0.15) is 0 Å². The van der Waals surface area contributed by atoms with Crippen LogP contribution in [-0.2, 0) is 18.5 Å². The van der Waals surface area contributed by atoms with E-state index in [1.54, 1.807) is 0 Å². The van der Waals surface area contributed by atoms with Crippen LogP contribution in [0.4, 0.5) is 39.5 Å². The maximum Gasteiger partial charge on any atom is 0.416 e. The van der Waals surface area contributed by atoms with Gasteiger partial charge >= 0.3 is 18.5 Å². The van der Waals surface area contributed by atoms with E-state index in [1.165, 1.54) is 0 Å². The minimum absolute atomic E-state index is 0.0769. The molecule has 10 heteroatoms. The quantitative estimate of drug-likeness (QED) is 0.550. The van der Waals surface area contributed by atoms with E-state index >= 15 is 0 Å². The average molecular weight is 373 g/mol. The van der Waals surface area contributed by atoms with Gasteiger partial charge in [-0.1, -0.05) is 0 Å². The zero-order chi connectivity index (χ0) is 19.2. The molecule has 136 valence electrons. The van der Waals surface area contributed by atoms with Crippen LogP contribution >= 0.6 is 0 Å². The van der Waals surface area contributed by atoms with Crippen molar-refractivity contribution >= 4 is 0 Å². The van der Waals surface area contributed by atoms with Gasteiger partial charge < -0.3 is 0 Å². The lowest BCUT2D eigenvalue weighted by Gasteiger charge is -2.18. The Morgan fingerprint density at radius 2 is 1.28 bits per heavy atom. The number of hydrogen-bond acceptors (Lipinski definition) is 1. The van der Waals surface area contributed by atoms with Crippen molar-refractivity contribution < 1.29 is 39.5 Å². The Hall–Kier alpha value is -2.26. The van der Waals surface area contributed by atoms with Crippen LogP contribution in [0.1, 0.15) is 22.3 Å². The molecule has 0 radical (unpaired) electrons. The van der Waals surface area contributed by atoms with E-state index in [9.17, 15) is 39.5 Å². The number of pyridine rings is 1. The largest absolute Gasteiger partial charge is 0.416 e. The molecule has 1 heterocycles. The number of benzene rings is 1. The van der Waals surface area contributed by atoms with Gasteiger partial charge in [0.05, 0.1) is 22.4 Å². The maximum absolute atomic E-state index is 13.0. The second-order valence-electron chi connectivity index (χ2n) is 5.12. The SMILES string of the molecule is Cc1c(-c2cc(C(F)(F)F)ccn2)cc(C(F)(F)F)cc1C(F)(F)F. The molecule has 2 aromatic rings. The molecule has 0 bridgehead atoms. The molecule has 0 atom stereocenters. The highest BCUT2D eigenvalue weighted by molar-refractivity contribution is 5.67. The molecular formula is C15H8F9N. The molecule has 0 unspecified atom stereocenters. The highest BCUT2D eigenvalue weighted by Gasteiger charge is 2.39. The third-order valence-electron chi connectivity index (χ3n) is 3.40. The Morgan fingerprint density at radius 3 is 1.76 bits per heavy atom. The predicted molar refractivity (Wildman–Crippen MR) is 69.4 cm³/mol. The van der Waals surface area contributed by atoms with Crippen molar-refractivity contribution in [3.63, 3.8) is 0 Å². The highest BCUT2D eigenvalue weighted by Crippen LogP contribution is 2.41. The summed E-state index contributed by atoms with van der Waals surface area (Å²) in [4.78, 5) is 3.50. The molecule has 0 aliphatic heterocycles. The van der Waals surface area contributed by atoms with E-state index in [2.05, 4.69) is 4.98 Å². The molecule has 0 aliphatic rings. The molecule has 0 N–H and O–H groups in total. The summed E-state index contributed by atoms with van der Waals surface area (Å²) in [6, 6.07) is 1.25. The Labute approximate surface area is 135 Å². The summed E-state index contributed by atoms with van der Waals surface area (Å²) in [6.07, 6.45) is -14.4. The molecule has 1 aromatic heterocycles. The average Bonchev–Trinajstić information content (AvgIpc) is 2.44. The van der Waals surface area contributed by atoms with Gasteiger partial charge in [0, 0.05) is 11.8 Å². The molecule has 0 saturated heterocycles. The second kappa shape index (κ2) is 5.92. The van der Waals surface area contributed by atoms with Crippen molar-refractivity contribution in [1.82, 2.24) is 4.98 Å². The van der Waals surface area contributed by atoms with Gasteiger partial charge in [-0.25, -0.2) is 0 Å². The van der Waals surface area contributed by atoms with Crippen LogP contribution in [-0.4, -0.2) is 4.98 Å². The zero-order valence-electron chi connectivity index (χ0n) is 12.2. The highest BCUT2D eigenvalue weighted by atomic mass is 19.4. The lowest BCUT2D eigenvalue weighted by atomic mass is 9.95. The predicted octanol–water partition coefficient (Wildman–Crippen LogP) is 6.11. The van der Waals surface area contributed by atoms with Gasteiger partial charge in [0.25, 0.3) is 0 Å². The first-order chi connectivity index (χ1) is 11.2. The summed E-state index contributed by atoms with van der Waals surface area (Å²) in [5, 5.41) is 0. The van der Waals surface area contributed by atoms with Gasteiger partial charge in [-0.2, -0.15) is 39.5 Å². The molecule has 0 spiro atoms. The Bertz CT molecular complexity index is 785. The molecule has 0 aliphatic carbocycles. The fourth-order valence-corrected chi connectivity index (χ4v) is 2.19. The fraction of sp³-hybridized carbons (Fsp3) is 0.267. The lowest BCUT2D eigenvalue weighted by molar-refractivity contribution is -0.143. The summed E-state index contributed by atoms with van der Waals surface area (Å²) in [7, 11) is 0. The van der Waals surface area contributed by atoms with Crippen molar-refractivity contribution in [3.05, 3.63) is 52.7 Å². The van der Waals surface area contributed by atoms with E-state index in [4.69, 9.17) is 0 Å². The second-order valence-corrected chi connectivity index (χ2v) is 5.12. The lowest BCUT2D eigenvalue weighted by Crippen LogP contribution is -2.14. The smallest absolute Gasteiger partial charge is 0.256 e. The van der Waals surface area contributed by atoms with Crippen LogP contribution < -0.4 is 0 Å². The summed E-state index contributed by atoms with van der Waals surface area (Å²) in [5.74, 6) is 0. The fourth-order valence-electron chi connectivity index (χ4n) is 2.19. The number of alkyl halides is 9. The normalized spacial score (nSPS) is 13.2. The van der Waals surface area contributed by atoms with Crippen LogP contribution in [0.2, 0.25) is 0 Å². The first-order valence-electron chi connectivity index (χ1n) is 6.54. The Balaban J connectivity index is 2.77. The summed E-state index contributed by atoms with van der Waals surface area (Å²) >= 11 is 0. The van der Waals surface area contributed by atoms with Crippen molar-refractivity contribution in [2.24, 2.45) is 0 Å². The monoisotopic (exact) mass is 373 g/mol. The van der Waals surface area contributed by atoms with Crippen LogP contribution in [0.15, 0.2) is 30.5 Å². The van der Waals surface area contributed by atoms with Crippen LogP contribution in [0.25, 0.3) is 11.3 Å². The molecule has 0 fully saturated rings. The van der Waals surface area contributed by atoms with E-state index in [1.807, 2.05) is 0 Å². The Morgan fingerprint density at radius 1 is 0.720 bits per heavy atom. The summed E-state index contributed by atoms with van der Waals surface area (Å²) < 4.78 is 116. The minimum atomic E-state index is -5.11. The molecule has 1 nitrogen and oxygen atoms in total. The van der Waals surface area contributed by atoms with Crippen molar-refractivity contribution in [3.8, 4) is 11.3 Å². The van der Waals surface area contributed by atoms with Gasteiger partial charge in [-0.15, -0.1) is 0 Å². The van der Waals surface area contributed by atoms with Gasteiger partial charge in [-0.3, -0.25) is 4.98 Å². The van der Waals surface area contributed by atoms with E-state index in [0.717, 1.165) is 6.92 Å². The van der Waals surface area contributed by atoms with Crippen LogP contribution in [0, 0.1) is 6.92 Å². The molecule has 1 aromatic carbocycles. The van der Waals surface area contributed by atoms with E-state index in [-0.39, 0.29) is 6.07 Å². The van der Waals surface area contributed by atoms with Gasteiger partial charge in [0.15, 0.2) is 0 Å². The zero-order valence-corrected chi connectivity index (χ0v) is 12.2. The first-order valence-corrected chi connectivity index (χ1v) is 6.54. The summed E-state index contributed by atoms with van der Waals surface area (Å²) in [6.45, 7) is 0.875. The number of halogens is 9. The van der Waals surface area contributed by atoms with E-state index < -0.39 is 52.0 Å². The first kappa shape index (κ1) is 19.1. The van der Waals surface area contributed by atoms with Crippen LogP contribution in [0.3, 0.4) is 0 Å². The molecule has 2 rings (SSSR count). The Kier molecular flexibility index (Phi) is 4.52. The van der Waals surface area contributed by atoms with Crippen molar-refractivity contribution in [2.45, 2.75) is 25.5 Å².